The number of hydrogen-bond acceptors (Lipinski definition) is 1. The summed E-state index contributed by atoms with van der Waals surface area (Å²) in [7, 11) is 0. The molecule has 0 saturated carbocycles. The van der Waals surface area contributed by atoms with Crippen LogP contribution in [0.15, 0.2) is 188 Å². The number of hydrogen-bond donors (Lipinski definition) is 0. The second-order valence-corrected chi connectivity index (χ2v) is 13.5. The molecule has 238 valence electrons. The van der Waals surface area contributed by atoms with Crippen molar-refractivity contribution < 1.29 is 0 Å². The van der Waals surface area contributed by atoms with Crippen molar-refractivity contribution in [2.45, 2.75) is 24.3 Å². The zero-order valence-corrected chi connectivity index (χ0v) is 27.7. The first-order valence-corrected chi connectivity index (χ1v) is 17.7. The van der Waals surface area contributed by atoms with E-state index in [1.807, 2.05) is 0 Å². The molecule has 6 aromatic carbocycles. The van der Waals surface area contributed by atoms with Gasteiger partial charge in [0.15, 0.2) is 0 Å². The molecule has 0 spiro atoms. The maximum atomic E-state index is 2.56. The largest absolute Gasteiger partial charge is 0.333 e. The van der Waals surface area contributed by atoms with Crippen LogP contribution in [-0.2, 0) is 0 Å². The number of rotatable bonds is 5. The lowest BCUT2D eigenvalue weighted by Crippen LogP contribution is -2.28. The monoisotopic (exact) mass is 640 g/mol. The van der Waals surface area contributed by atoms with E-state index in [1.54, 1.807) is 0 Å². The minimum Gasteiger partial charge on any atom is -0.333 e. The van der Waals surface area contributed by atoms with Crippen molar-refractivity contribution >= 4 is 38.9 Å². The molecule has 2 heteroatoms. The number of fused-ring (bicyclic) bond motifs is 6. The summed E-state index contributed by atoms with van der Waals surface area (Å²) < 4.78 is 2.50. The molecule has 0 saturated heterocycles. The van der Waals surface area contributed by atoms with Crippen molar-refractivity contribution in [3.63, 3.8) is 0 Å². The average Bonchev–Trinajstić information content (AvgIpc) is 3.71. The first kappa shape index (κ1) is 28.9. The van der Waals surface area contributed by atoms with Crippen molar-refractivity contribution in [2.24, 2.45) is 0 Å². The molecular formula is C48H36N2. The van der Waals surface area contributed by atoms with Gasteiger partial charge in [0, 0.05) is 45.2 Å². The highest BCUT2D eigenvalue weighted by molar-refractivity contribution is 6.10. The Morgan fingerprint density at radius 2 is 1.02 bits per heavy atom. The highest BCUT2D eigenvalue weighted by Gasteiger charge is 2.38. The van der Waals surface area contributed by atoms with Crippen LogP contribution in [0.4, 0.5) is 11.4 Å². The average molecular weight is 641 g/mol. The number of aromatic nitrogens is 1. The first-order valence-electron chi connectivity index (χ1n) is 17.7. The van der Waals surface area contributed by atoms with Crippen LogP contribution < -0.4 is 4.90 Å². The normalized spacial score (nSPS) is 19.2. The Balaban J connectivity index is 1.13. The molecule has 0 fully saturated rings. The van der Waals surface area contributed by atoms with Gasteiger partial charge in [-0.1, -0.05) is 158 Å². The molecule has 3 atom stereocenters. The number of para-hydroxylation sites is 4. The van der Waals surface area contributed by atoms with Gasteiger partial charge >= 0.3 is 0 Å². The Morgan fingerprint density at radius 3 is 1.78 bits per heavy atom. The van der Waals surface area contributed by atoms with Crippen LogP contribution in [0, 0.1) is 0 Å². The van der Waals surface area contributed by atoms with Crippen molar-refractivity contribution in [1.29, 1.82) is 0 Å². The van der Waals surface area contributed by atoms with Gasteiger partial charge in [-0.25, -0.2) is 0 Å². The van der Waals surface area contributed by atoms with Gasteiger partial charge in [-0.05, 0) is 64.6 Å². The van der Waals surface area contributed by atoms with Crippen LogP contribution in [-0.4, -0.2) is 10.6 Å². The number of nitrogens with zero attached hydrogens (tertiary/aromatic N) is 2. The summed E-state index contributed by atoms with van der Waals surface area (Å²) in [6.07, 6.45) is 17.0. The van der Waals surface area contributed by atoms with E-state index >= 15 is 0 Å². The fourth-order valence-electron chi connectivity index (χ4n) is 8.82. The maximum absolute atomic E-state index is 2.56. The lowest BCUT2D eigenvalue weighted by Gasteiger charge is -2.31. The molecule has 0 N–H and O–H groups in total. The molecule has 1 aromatic heterocycles. The Bertz CT molecular complexity index is 2500. The summed E-state index contributed by atoms with van der Waals surface area (Å²) >= 11 is 0. The second-order valence-electron chi connectivity index (χ2n) is 13.5. The predicted molar refractivity (Wildman–Crippen MR) is 211 cm³/mol. The summed E-state index contributed by atoms with van der Waals surface area (Å²) in [5.41, 5.74) is 14.1. The van der Waals surface area contributed by atoms with Gasteiger partial charge in [0.1, 0.15) is 0 Å². The van der Waals surface area contributed by atoms with E-state index in [0.29, 0.717) is 5.92 Å². The number of benzene rings is 6. The highest BCUT2D eigenvalue weighted by atomic mass is 15.2. The van der Waals surface area contributed by atoms with Gasteiger partial charge in [-0.2, -0.15) is 0 Å². The maximum Gasteiger partial charge on any atom is 0.0629 e. The van der Waals surface area contributed by atoms with Crippen LogP contribution in [0.25, 0.3) is 49.8 Å². The van der Waals surface area contributed by atoms with Crippen molar-refractivity contribution in [2.75, 3.05) is 4.90 Å². The van der Waals surface area contributed by atoms with Gasteiger partial charge in [0.05, 0.1) is 17.1 Å². The van der Waals surface area contributed by atoms with Crippen molar-refractivity contribution in [3.8, 4) is 22.3 Å². The molecule has 2 unspecified atom stereocenters. The van der Waals surface area contributed by atoms with E-state index in [-0.39, 0.29) is 12.0 Å². The third-order valence-corrected chi connectivity index (χ3v) is 10.9. The molecule has 1 aliphatic heterocycles. The van der Waals surface area contributed by atoms with E-state index in [0.717, 1.165) is 6.42 Å². The summed E-state index contributed by atoms with van der Waals surface area (Å²) in [4.78, 5) is 2.56. The van der Waals surface area contributed by atoms with Gasteiger partial charge in [0.2, 0.25) is 0 Å². The Kier molecular flexibility index (Phi) is 6.80. The molecule has 2 heterocycles. The summed E-state index contributed by atoms with van der Waals surface area (Å²) in [6, 6.07) is 53.9. The molecular weight excluding hydrogens is 605 g/mol. The molecule has 7 aromatic rings. The van der Waals surface area contributed by atoms with Gasteiger partial charge in [-0.15, -0.1) is 0 Å². The predicted octanol–water partition coefficient (Wildman–Crippen LogP) is 12.4. The minimum absolute atomic E-state index is 0.184. The van der Waals surface area contributed by atoms with E-state index < -0.39 is 0 Å². The quantitative estimate of drug-likeness (QED) is 0.182. The zero-order valence-electron chi connectivity index (χ0n) is 27.7. The van der Waals surface area contributed by atoms with E-state index in [4.69, 9.17) is 0 Å². The van der Waals surface area contributed by atoms with Crippen LogP contribution in [0.5, 0.6) is 0 Å². The van der Waals surface area contributed by atoms with Crippen LogP contribution >= 0.6 is 0 Å². The van der Waals surface area contributed by atoms with E-state index in [9.17, 15) is 0 Å². The lowest BCUT2D eigenvalue weighted by molar-refractivity contribution is 0.745. The standard InChI is InChI=1S/C48H36N2/c1-3-19-35(37-21-5-11-27-43(37)49-45-29-13-7-23-39(45)40-24-8-14-30-46(40)49)33(17-1)34-18-2-4-20-36(34)38-22-6-12-28-44(38)50-47-31-15-9-25-41(47)42-26-10-16-32-48(42)50/h1-21,23-32,38-39,45H,22H2/t38?,39-,45?/m1/s1. The van der Waals surface area contributed by atoms with Gasteiger partial charge < -0.3 is 9.47 Å². The van der Waals surface area contributed by atoms with Crippen LogP contribution in [0.2, 0.25) is 0 Å². The molecule has 0 amide bonds. The molecule has 10 rings (SSSR count). The number of anilines is 2. The molecule has 0 bridgehead atoms. The zero-order chi connectivity index (χ0) is 33.0. The number of allylic oxidation sites excluding steroid dienone is 6. The third-order valence-electron chi connectivity index (χ3n) is 10.9. The topological polar surface area (TPSA) is 8.17 Å². The minimum atomic E-state index is 0.184. The SMILES string of the molecule is C1=CCC(c2ccccc2-c2ccccc2-c2ccccc2N2c3ccccc3[C@H]3C=CC=CC32)C(n2c3ccccc3c3ccccc32)=C1. The molecule has 0 radical (unpaired) electrons. The smallest absolute Gasteiger partial charge is 0.0629 e. The summed E-state index contributed by atoms with van der Waals surface area (Å²) in [6.45, 7) is 0. The van der Waals surface area contributed by atoms with Gasteiger partial charge in [0.25, 0.3) is 0 Å². The second kappa shape index (κ2) is 11.8. The first-order chi connectivity index (χ1) is 24.9. The lowest BCUT2D eigenvalue weighted by atomic mass is 9.82. The fourth-order valence-corrected chi connectivity index (χ4v) is 8.82. The molecule has 2 nitrogen and oxygen atoms in total. The fraction of sp³-hybridized carbons (Fsp3) is 0.0833. The van der Waals surface area contributed by atoms with Crippen LogP contribution in [0.1, 0.15) is 29.4 Å². The molecule has 2 aliphatic carbocycles. The Morgan fingerprint density at radius 1 is 0.460 bits per heavy atom. The summed E-state index contributed by atoms with van der Waals surface area (Å²) in [5, 5.41) is 2.59. The highest BCUT2D eigenvalue weighted by Crippen LogP contribution is 2.51. The van der Waals surface area contributed by atoms with E-state index in [1.165, 1.54) is 72.3 Å². The molecule has 3 aliphatic rings. The third kappa shape index (κ3) is 4.42. The van der Waals surface area contributed by atoms with Gasteiger partial charge in [-0.3, -0.25) is 0 Å². The van der Waals surface area contributed by atoms with Crippen LogP contribution in [0.3, 0.4) is 0 Å². The van der Waals surface area contributed by atoms with E-state index in [2.05, 4.69) is 198 Å². The van der Waals surface area contributed by atoms with Crippen molar-refractivity contribution in [3.05, 3.63) is 199 Å². The Hall–Kier alpha value is -6.12. The Labute approximate surface area is 293 Å². The summed E-state index contributed by atoms with van der Waals surface area (Å²) in [5.74, 6) is 0.523. The molecule has 50 heavy (non-hydrogen) atoms. The van der Waals surface area contributed by atoms with Crippen molar-refractivity contribution in [1.82, 2.24) is 4.57 Å².